The van der Waals surface area contributed by atoms with E-state index in [0.29, 0.717) is 17.8 Å². The van der Waals surface area contributed by atoms with Crippen LogP contribution in [0.15, 0.2) is 18.2 Å². The summed E-state index contributed by atoms with van der Waals surface area (Å²) in [6.45, 7) is 7.24. The van der Waals surface area contributed by atoms with E-state index in [-0.39, 0.29) is 0 Å². The maximum Gasteiger partial charge on any atom is 0.0453 e. The first-order valence-corrected chi connectivity index (χ1v) is 6.98. The smallest absolute Gasteiger partial charge is 0.0453 e. The molecule has 0 aliphatic carbocycles. The van der Waals surface area contributed by atoms with Crippen LogP contribution in [0.2, 0.25) is 5.02 Å². The van der Waals surface area contributed by atoms with Crippen LogP contribution < -0.4 is 5.32 Å². The van der Waals surface area contributed by atoms with Crippen molar-refractivity contribution in [2.75, 3.05) is 5.88 Å². The van der Waals surface area contributed by atoms with E-state index >= 15 is 0 Å². The van der Waals surface area contributed by atoms with Gasteiger partial charge in [-0.05, 0) is 36.5 Å². The van der Waals surface area contributed by atoms with Crippen LogP contribution in [0, 0.1) is 12.8 Å². The van der Waals surface area contributed by atoms with Gasteiger partial charge in [0, 0.05) is 23.5 Å². The molecule has 1 atom stereocenters. The normalized spacial score (nSPS) is 13.1. The second kappa shape index (κ2) is 7.25. The molecule has 1 aromatic rings. The van der Waals surface area contributed by atoms with Crippen molar-refractivity contribution < 1.29 is 0 Å². The number of benzene rings is 1. The Labute approximate surface area is 115 Å². The van der Waals surface area contributed by atoms with Gasteiger partial charge in [0.05, 0.1) is 0 Å². The van der Waals surface area contributed by atoms with Crippen molar-refractivity contribution >= 4 is 23.2 Å². The third-order valence-electron chi connectivity index (χ3n) is 2.73. The van der Waals surface area contributed by atoms with E-state index in [0.717, 1.165) is 23.6 Å². The summed E-state index contributed by atoms with van der Waals surface area (Å²) in [7, 11) is 0. The maximum atomic E-state index is 6.19. The largest absolute Gasteiger partial charge is 0.309 e. The average Bonchev–Trinajstić information content (AvgIpc) is 2.25. The lowest BCUT2D eigenvalue weighted by molar-refractivity contribution is 0.445. The molecule has 0 saturated carbocycles. The van der Waals surface area contributed by atoms with E-state index in [1.807, 2.05) is 13.0 Å². The SMILES string of the molecule is Cc1ccc(CNC(CCl)CC(C)C)c(Cl)c1. The van der Waals surface area contributed by atoms with E-state index in [4.69, 9.17) is 23.2 Å². The highest BCUT2D eigenvalue weighted by Gasteiger charge is 2.09. The average molecular weight is 274 g/mol. The number of hydrogen-bond donors (Lipinski definition) is 1. The van der Waals surface area contributed by atoms with Crippen LogP contribution in [0.1, 0.15) is 31.4 Å². The maximum absolute atomic E-state index is 6.19. The summed E-state index contributed by atoms with van der Waals surface area (Å²) in [5.74, 6) is 1.29. The minimum absolute atomic E-state index is 0.356. The molecule has 0 heterocycles. The molecule has 0 aliphatic heterocycles. The molecule has 1 N–H and O–H groups in total. The Morgan fingerprint density at radius 3 is 2.53 bits per heavy atom. The van der Waals surface area contributed by atoms with Gasteiger partial charge >= 0.3 is 0 Å². The van der Waals surface area contributed by atoms with Gasteiger partial charge < -0.3 is 5.32 Å². The van der Waals surface area contributed by atoms with E-state index in [1.54, 1.807) is 0 Å². The predicted octanol–water partition coefficient (Wildman–Crippen LogP) is 4.39. The summed E-state index contributed by atoms with van der Waals surface area (Å²) in [6.07, 6.45) is 1.09. The Kier molecular flexibility index (Phi) is 6.32. The molecule has 0 fully saturated rings. The minimum atomic E-state index is 0.356. The summed E-state index contributed by atoms with van der Waals surface area (Å²) in [6, 6.07) is 6.51. The number of alkyl halides is 1. The molecule has 0 saturated heterocycles. The molecule has 0 aliphatic rings. The minimum Gasteiger partial charge on any atom is -0.309 e. The van der Waals surface area contributed by atoms with Gasteiger partial charge in [0.25, 0.3) is 0 Å². The lowest BCUT2D eigenvalue weighted by Gasteiger charge is -2.18. The molecular weight excluding hydrogens is 253 g/mol. The lowest BCUT2D eigenvalue weighted by atomic mass is 10.0. The van der Waals surface area contributed by atoms with E-state index in [9.17, 15) is 0 Å². The van der Waals surface area contributed by atoms with E-state index in [2.05, 4.69) is 31.3 Å². The number of rotatable bonds is 6. The Morgan fingerprint density at radius 1 is 1.29 bits per heavy atom. The van der Waals surface area contributed by atoms with Crippen LogP contribution in [-0.2, 0) is 6.54 Å². The van der Waals surface area contributed by atoms with Crippen LogP contribution in [0.5, 0.6) is 0 Å². The van der Waals surface area contributed by atoms with Gasteiger partial charge in [-0.1, -0.05) is 37.6 Å². The van der Waals surface area contributed by atoms with E-state index < -0.39 is 0 Å². The molecule has 0 amide bonds. The van der Waals surface area contributed by atoms with Crippen LogP contribution >= 0.6 is 23.2 Å². The first kappa shape index (κ1) is 14.8. The fraction of sp³-hybridized carbons (Fsp3) is 0.571. The standard InChI is InChI=1S/C14H21Cl2N/c1-10(2)6-13(8-15)17-9-12-5-4-11(3)7-14(12)16/h4-5,7,10,13,17H,6,8-9H2,1-3H3. The fourth-order valence-electron chi connectivity index (χ4n) is 1.82. The quantitative estimate of drug-likeness (QED) is 0.758. The molecular formula is C14H21Cl2N. The highest BCUT2D eigenvalue weighted by Crippen LogP contribution is 2.18. The molecule has 3 heteroatoms. The van der Waals surface area contributed by atoms with Gasteiger partial charge in [-0.15, -0.1) is 11.6 Å². The lowest BCUT2D eigenvalue weighted by Crippen LogP contribution is -2.31. The monoisotopic (exact) mass is 273 g/mol. The Balaban J connectivity index is 2.53. The third kappa shape index (κ3) is 5.29. The second-order valence-electron chi connectivity index (χ2n) is 4.96. The Bertz CT molecular complexity index is 350. The number of halogens is 2. The number of nitrogens with one attached hydrogen (secondary N) is 1. The summed E-state index contributed by atoms with van der Waals surface area (Å²) >= 11 is 12.1. The Hall–Kier alpha value is -0.240. The van der Waals surface area contributed by atoms with Crippen LogP contribution in [0.25, 0.3) is 0 Å². The van der Waals surface area contributed by atoms with E-state index in [1.165, 1.54) is 5.56 Å². The third-order valence-corrected chi connectivity index (χ3v) is 3.46. The van der Waals surface area contributed by atoms with Gasteiger partial charge in [-0.3, -0.25) is 0 Å². The molecule has 1 aromatic carbocycles. The van der Waals surface area contributed by atoms with Gasteiger partial charge in [0.2, 0.25) is 0 Å². The topological polar surface area (TPSA) is 12.0 Å². The number of hydrogen-bond acceptors (Lipinski definition) is 1. The molecule has 1 nitrogen and oxygen atoms in total. The molecule has 17 heavy (non-hydrogen) atoms. The van der Waals surface area contributed by atoms with Gasteiger partial charge in [0.1, 0.15) is 0 Å². The summed E-state index contributed by atoms with van der Waals surface area (Å²) in [5, 5.41) is 4.29. The fourth-order valence-corrected chi connectivity index (χ4v) is 2.36. The van der Waals surface area contributed by atoms with Crippen LogP contribution in [0.4, 0.5) is 0 Å². The van der Waals surface area contributed by atoms with Crippen molar-refractivity contribution in [3.05, 3.63) is 34.3 Å². The Morgan fingerprint density at radius 2 is 2.00 bits per heavy atom. The predicted molar refractivity (Wildman–Crippen MR) is 77.0 cm³/mol. The van der Waals surface area contributed by atoms with Crippen molar-refractivity contribution in [2.24, 2.45) is 5.92 Å². The highest BCUT2D eigenvalue weighted by atomic mass is 35.5. The van der Waals surface area contributed by atoms with Crippen molar-refractivity contribution in [1.29, 1.82) is 0 Å². The van der Waals surface area contributed by atoms with Crippen molar-refractivity contribution in [3.8, 4) is 0 Å². The van der Waals surface area contributed by atoms with Gasteiger partial charge in [-0.2, -0.15) is 0 Å². The molecule has 1 rings (SSSR count). The second-order valence-corrected chi connectivity index (χ2v) is 5.67. The zero-order valence-corrected chi connectivity index (χ0v) is 12.3. The zero-order valence-electron chi connectivity index (χ0n) is 10.8. The van der Waals surface area contributed by atoms with Crippen molar-refractivity contribution in [1.82, 2.24) is 5.32 Å². The molecule has 0 bridgehead atoms. The summed E-state index contributed by atoms with van der Waals surface area (Å²) in [4.78, 5) is 0. The molecule has 1 unspecified atom stereocenters. The summed E-state index contributed by atoms with van der Waals surface area (Å²) in [5.41, 5.74) is 2.32. The van der Waals surface area contributed by atoms with Crippen molar-refractivity contribution in [2.45, 2.75) is 39.8 Å². The highest BCUT2D eigenvalue weighted by molar-refractivity contribution is 6.31. The molecule has 0 aromatic heterocycles. The first-order valence-electron chi connectivity index (χ1n) is 6.07. The molecule has 96 valence electrons. The first-order chi connectivity index (χ1) is 8.02. The van der Waals surface area contributed by atoms with Crippen LogP contribution in [0.3, 0.4) is 0 Å². The van der Waals surface area contributed by atoms with Gasteiger partial charge in [0.15, 0.2) is 0 Å². The zero-order chi connectivity index (χ0) is 12.8. The summed E-state index contributed by atoms with van der Waals surface area (Å²) < 4.78 is 0. The van der Waals surface area contributed by atoms with Crippen LogP contribution in [-0.4, -0.2) is 11.9 Å². The van der Waals surface area contributed by atoms with Gasteiger partial charge in [-0.25, -0.2) is 0 Å². The van der Waals surface area contributed by atoms with Crippen molar-refractivity contribution in [3.63, 3.8) is 0 Å². The molecule has 0 radical (unpaired) electrons. The number of aryl methyl sites for hydroxylation is 1. The molecule has 0 spiro atoms.